The minimum absolute atomic E-state index is 0.157. The minimum Gasteiger partial charge on any atom is -0.379 e. The fraction of sp³-hybridized carbons (Fsp3) is 0.600. The first-order valence-electron chi connectivity index (χ1n) is 7.06. The fourth-order valence-electron chi connectivity index (χ4n) is 2.53. The second-order valence-corrected chi connectivity index (χ2v) is 5.60. The van der Waals surface area contributed by atoms with Gasteiger partial charge in [-0.15, -0.1) is 0 Å². The monoisotopic (exact) mass is 264 g/mol. The van der Waals surface area contributed by atoms with Crippen LogP contribution in [-0.2, 0) is 11.3 Å². The molecule has 19 heavy (non-hydrogen) atoms. The van der Waals surface area contributed by atoms with Gasteiger partial charge in [-0.1, -0.05) is 0 Å². The number of benzene rings is 1. The smallest absolute Gasteiger partial charge is 0.125 e. The Morgan fingerprint density at radius 3 is 2.84 bits per heavy atom. The number of ether oxygens (including phenoxy) is 1. The molecule has 1 aromatic rings. The molecular weight excluding hydrogens is 243 g/mol. The number of rotatable bonds is 5. The zero-order valence-corrected chi connectivity index (χ0v) is 11.4. The van der Waals surface area contributed by atoms with Crippen LogP contribution in [0.25, 0.3) is 0 Å². The molecule has 1 saturated carbocycles. The number of hydrogen-bond acceptors (Lipinski definition) is 3. The highest BCUT2D eigenvalue weighted by Crippen LogP contribution is 2.24. The summed E-state index contributed by atoms with van der Waals surface area (Å²) in [6.45, 7) is 2.30. The van der Waals surface area contributed by atoms with Crippen molar-refractivity contribution in [2.45, 2.75) is 37.9 Å². The summed E-state index contributed by atoms with van der Waals surface area (Å²) in [6, 6.07) is 6.33. The lowest BCUT2D eigenvalue weighted by Crippen LogP contribution is -2.32. The highest BCUT2D eigenvalue weighted by Gasteiger charge is 2.22. The standard InChI is InChI=1S/C15H21FN2O/c1-18(14-4-5-19-10-14)15-7-11(6-12(16)8-15)9-17-13-2-3-13/h6-8,13-14,17H,2-5,9-10H2,1H3. The Balaban J connectivity index is 1.71. The summed E-state index contributed by atoms with van der Waals surface area (Å²) >= 11 is 0. The molecule has 4 heteroatoms. The van der Waals surface area contributed by atoms with Crippen molar-refractivity contribution in [3.8, 4) is 0 Å². The molecule has 1 saturated heterocycles. The van der Waals surface area contributed by atoms with Crippen LogP contribution in [0.3, 0.4) is 0 Å². The van der Waals surface area contributed by atoms with Gasteiger partial charge in [0.05, 0.1) is 12.6 Å². The summed E-state index contributed by atoms with van der Waals surface area (Å²) in [5, 5.41) is 3.43. The van der Waals surface area contributed by atoms with Gasteiger partial charge in [0, 0.05) is 31.9 Å². The predicted molar refractivity (Wildman–Crippen MR) is 73.9 cm³/mol. The zero-order valence-electron chi connectivity index (χ0n) is 11.4. The van der Waals surface area contributed by atoms with E-state index in [2.05, 4.69) is 16.3 Å². The van der Waals surface area contributed by atoms with Gasteiger partial charge in [-0.3, -0.25) is 0 Å². The van der Waals surface area contributed by atoms with E-state index < -0.39 is 0 Å². The van der Waals surface area contributed by atoms with E-state index >= 15 is 0 Å². The molecule has 0 amide bonds. The van der Waals surface area contributed by atoms with E-state index in [4.69, 9.17) is 4.74 Å². The van der Waals surface area contributed by atoms with Crippen LogP contribution in [-0.4, -0.2) is 32.3 Å². The third-order valence-electron chi connectivity index (χ3n) is 3.98. The molecule has 1 atom stereocenters. The Kier molecular flexibility index (Phi) is 3.71. The topological polar surface area (TPSA) is 24.5 Å². The quantitative estimate of drug-likeness (QED) is 0.883. The second-order valence-electron chi connectivity index (χ2n) is 5.60. The maximum Gasteiger partial charge on any atom is 0.125 e. The van der Waals surface area contributed by atoms with Crippen molar-refractivity contribution < 1.29 is 9.13 Å². The third-order valence-corrected chi connectivity index (χ3v) is 3.98. The number of hydrogen-bond donors (Lipinski definition) is 1. The van der Waals surface area contributed by atoms with Crippen molar-refractivity contribution in [1.82, 2.24) is 5.32 Å². The van der Waals surface area contributed by atoms with Crippen LogP contribution in [0.5, 0.6) is 0 Å². The molecule has 2 aliphatic rings. The molecule has 0 radical (unpaired) electrons. The first-order valence-corrected chi connectivity index (χ1v) is 7.06. The molecule has 104 valence electrons. The van der Waals surface area contributed by atoms with Crippen LogP contribution in [0.4, 0.5) is 10.1 Å². The number of likely N-dealkylation sites (N-methyl/N-ethyl adjacent to an activating group) is 1. The van der Waals surface area contributed by atoms with Crippen molar-refractivity contribution in [1.29, 1.82) is 0 Å². The van der Waals surface area contributed by atoms with E-state index in [1.807, 2.05) is 7.05 Å². The van der Waals surface area contributed by atoms with E-state index in [1.165, 1.54) is 12.8 Å². The fourth-order valence-corrected chi connectivity index (χ4v) is 2.53. The van der Waals surface area contributed by atoms with Gasteiger partial charge in [0.15, 0.2) is 0 Å². The van der Waals surface area contributed by atoms with Crippen molar-refractivity contribution in [2.75, 3.05) is 25.2 Å². The lowest BCUT2D eigenvalue weighted by molar-refractivity contribution is 0.193. The minimum atomic E-state index is -0.157. The van der Waals surface area contributed by atoms with Crippen LogP contribution in [0.2, 0.25) is 0 Å². The van der Waals surface area contributed by atoms with Crippen LogP contribution < -0.4 is 10.2 Å². The lowest BCUT2D eigenvalue weighted by atomic mass is 10.1. The maximum absolute atomic E-state index is 13.7. The van der Waals surface area contributed by atoms with E-state index in [0.717, 1.165) is 37.4 Å². The highest BCUT2D eigenvalue weighted by atomic mass is 19.1. The van der Waals surface area contributed by atoms with E-state index in [1.54, 1.807) is 12.1 Å². The summed E-state index contributed by atoms with van der Waals surface area (Å²) < 4.78 is 19.1. The summed E-state index contributed by atoms with van der Waals surface area (Å²) in [7, 11) is 2.02. The van der Waals surface area contributed by atoms with Crippen molar-refractivity contribution in [2.24, 2.45) is 0 Å². The molecule has 1 aliphatic heterocycles. The number of anilines is 1. The van der Waals surface area contributed by atoms with Gasteiger partial charge in [-0.05, 0) is 43.0 Å². The largest absolute Gasteiger partial charge is 0.379 e. The molecule has 1 aliphatic carbocycles. The van der Waals surface area contributed by atoms with Crippen LogP contribution in [0.15, 0.2) is 18.2 Å². The Labute approximate surface area is 113 Å². The van der Waals surface area contributed by atoms with Gasteiger partial charge < -0.3 is 15.0 Å². The zero-order chi connectivity index (χ0) is 13.2. The van der Waals surface area contributed by atoms with Gasteiger partial charge in [0.25, 0.3) is 0 Å². The highest BCUT2D eigenvalue weighted by molar-refractivity contribution is 5.49. The Bertz CT molecular complexity index is 442. The summed E-state index contributed by atoms with van der Waals surface area (Å²) in [5.74, 6) is -0.157. The summed E-state index contributed by atoms with van der Waals surface area (Å²) in [4.78, 5) is 2.14. The third kappa shape index (κ3) is 3.25. The van der Waals surface area contributed by atoms with Crippen molar-refractivity contribution in [3.63, 3.8) is 0 Å². The molecule has 1 N–H and O–H groups in total. The number of nitrogens with one attached hydrogen (secondary N) is 1. The Morgan fingerprint density at radius 2 is 2.16 bits per heavy atom. The number of halogens is 1. The maximum atomic E-state index is 13.7. The molecule has 3 nitrogen and oxygen atoms in total. The molecule has 0 aromatic heterocycles. The summed E-state index contributed by atoms with van der Waals surface area (Å²) in [5.41, 5.74) is 1.97. The Morgan fingerprint density at radius 1 is 1.32 bits per heavy atom. The first kappa shape index (κ1) is 12.9. The molecule has 2 fully saturated rings. The molecule has 3 rings (SSSR count). The molecular formula is C15H21FN2O. The molecule has 1 heterocycles. The van der Waals surface area contributed by atoms with Gasteiger partial charge in [-0.25, -0.2) is 4.39 Å². The van der Waals surface area contributed by atoms with E-state index in [0.29, 0.717) is 12.1 Å². The first-order chi connectivity index (χ1) is 9.22. The molecule has 0 bridgehead atoms. The van der Waals surface area contributed by atoms with Crippen LogP contribution >= 0.6 is 0 Å². The lowest BCUT2D eigenvalue weighted by Gasteiger charge is -2.26. The van der Waals surface area contributed by atoms with Crippen LogP contribution in [0, 0.1) is 5.82 Å². The molecule has 0 spiro atoms. The average Bonchev–Trinajstić information content (AvgIpc) is 3.07. The SMILES string of the molecule is CN(c1cc(F)cc(CNC2CC2)c1)C1CCOC1. The number of nitrogens with zero attached hydrogens (tertiary/aromatic N) is 1. The summed E-state index contributed by atoms with van der Waals surface area (Å²) in [6.07, 6.45) is 3.52. The van der Waals surface area contributed by atoms with Crippen LogP contribution in [0.1, 0.15) is 24.8 Å². The van der Waals surface area contributed by atoms with Gasteiger partial charge in [0.2, 0.25) is 0 Å². The predicted octanol–water partition coefficient (Wildman–Crippen LogP) is 2.30. The Hall–Kier alpha value is -1.13. The van der Waals surface area contributed by atoms with Gasteiger partial charge in [0.1, 0.15) is 5.82 Å². The average molecular weight is 264 g/mol. The second kappa shape index (κ2) is 5.47. The molecule has 1 aromatic carbocycles. The molecule has 1 unspecified atom stereocenters. The van der Waals surface area contributed by atoms with E-state index in [9.17, 15) is 4.39 Å². The normalized spacial score (nSPS) is 22.7. The van der Waals surface area contributed by atoms with Gasteiger partial charge >= 0.3 is 0 Å². The van der Waals surface area contributed by atoms with E-state index in [-0.39, 0.29) is 5.82 Å². The van der Waals surface area contributed by atoms with Gasteiger partial charge in [-0.2, -0.15) is 0 Å². The van der Waals surface area contributed by atoms with Crippen molar-refractivity contribution in [3.05, 3.63) is 29.6 Å². The van der Waals surface area contributed by atoms with Crippen molar-refractivity contribution >= 4 is 5.69 Å².